The SMILES string of the molecule is Cc1ccc(C(C)O)c(OCc2ccccc2F)c1. The normalized spacial score (nSPS) is 12.2. The summed E-state index contributed by atoms with van der Waals surface area (Å²) in [4.78, 5) is 0. The van der Waals surface area contributed by atoms with E-state index in [2.05, 4.69) is 0 Å². The third-order valence-electron chi connectivity index (χ3n) is 2.96. The molecule has 0 saturated carbocycles. The molecule has 0 spiro atoms. The number of hydrogen-bond donors (Lipinski definition) is 1. The van der Waals surface area contributed by atoms with Crippen LogP contribution in [0.25, 0.3) is 0 Å². The zero-order valence-electron chi connectivity index (χ0n) is 11.1. The second-order valence-corrected chi connectivity index (χ2v) is 4.60. The Kier molecular flexibility index (Phi) is 4.17. The van der Waals surface area contributed by atoms with Crippen molar-refractivity contribution in [3.63, 3.8) is 0 Å². The van der Waals surface area contributed by atoms with E-state index in [1.807, 2.05) is 25.1 Å². The average molecular weight is 260 g/mol. The summed E-state index contributed by atoms with van der Waals surface area (Å²) in [7, 11) is 0. The van der Waals surface area contributed by atoms with E-state index in [1.54, 1.807) is 25.1 Å². The van der Waals surface area contributed by atoms with E-state index in [0.29, 0.717) is 16.9 Å². The minimum atomic E-state index is -0.615. The third-order valence-corrected chi connectivity index (χ3v) is 2.96. The molecule has 0 fully saturated rings. The van der Waals surface area contributed by atoms with Crippen molar-refractivity contribution in [2.24, 2.45) is 0 Å². The van der Waals surface area contributed by atoms with Crippen LogP contribution in [-0.4, -0.2) is 5.11 Å². The number of halogens is 1. The molecule has 0 aliphatic carbocycles. The van der Waals surface area contributed by atoms with Gasteiger partial charge in [-0.05, 0) is 31.5 Å². The number of aryl methyl sites for hydroxylation is 1. The van der Waals surface area contributed by atoms with Gasteiger partial charge in [0.1, 0.15) is 18.2 Å². The Morgan fingerprint density at radius 2 is 1.95 bits per heavy atom. The number of rotatable bonds is 4. The van der Waals surface area contributed by atoms with Gasteiger partial charge in [0.2, 0.25) is 0 Å². The Balaban J connectivity index is 2.19. The van der Waals surface area contributed by atoms with Crippen LogP contribution < -0.4 is 4.74 Å². The summed E-state index contributed by atoms with van der Waals surface area (Å²) >= 11 is 0. The predicted octanol–water partition coefficient (Wildman–Crippen LogP) is 3.77. The first-order valence-corrected chi connectivity index (χ1v) is 6.22. The standard InChI is InChI=1S/C16H17FO2/c1-11-7-8-14(12(2)18)16(9-11)19-10-13-5-3-4-6-15(13)17/h3-9,12,18H,10H2,1-2H3. The first-order chi connectivity index (χ1) is 9.08. The zero-order chi connectivity index (χ0) is 13.8. The molecule has 0 aromatic heterocycles. The molecule has 2 rings (SSSR count). The number of hydrogen-bond acceptors (Lipinski definition) is 2. The summed E-state index contributed by atoms with van der Waals surface area (Å²) in [5.74, 6) is 0.312. The van der Waals surface area contributed by atoms with Crippen molar-refractivity contribution < 1.29 is 14.2 Å². The van der Waals surface area contributed by atoms with Gasteiger partial charge in [-0.25, -0.2) is 4.39 Å². The fourth-order valence-corrected chi connectivity index (χ4v) is 1.88. The topological polar surface area (TPSA) is 29.5 Å². The van der Waals surface area contributed by atoms with Crippen LogP contribution in [0.3, 0.4) is 0 Å². The summed E-state index contributed by atoms with van der Waals surface area (Å²) in [6, 6.07) is 12.1. The first-order valence-electron chi connectivity index (χ1n) is 6.22. The smallest absolute Gasteiger partial charge is 0.129 e. The summed E-state index contributed by atoms with van der Waals surface area (Å²) < 4.78 is 19.1. The Bertz CT molecular complexity index is 564. The third kappa shape index (κ3) is 3.32. The molecule has 0 radical (unpaired) electrons. The minimum absolute atomic E-state index is 0.149. The predicted molar refractivity (Wildman–Crippen MR) is 72.5 cm³/mol. The molecule has 2 nitrogen and oxygen atoms in total. The van der Waals surface area contributed by atoms with Crippen molar-refractivity contribution in [2.45, 2.75) is 26.6 Å². The molecule has 1 atom stereocenters. The molecule has 0 aliphatic heterocycles. The van der Waals surface area contributed by atoms with Gasteiger partial charge in [-0.1, -0.05) is 30.3 Å². The van der Waals surface area contributed by atoms with Crippen LogP contribution in [0.2, 0.25) is 0 Å². The van der Waals surface area contributed by atoms with Crippen LogP contribution in [0.4, 0.5) is 4.39 Å². The van der Waals surface area contributed by atoms with E-state index in [4.69, 9.17) is 4.74 Å². The summed E-state index contributed by atoms with van der Waals surface area (Å²) in [5.41, 5.74) is 2.25. The van der Waals surface area contributed by atoms with Gasteiger partial charge in [-0.2, -0.15) is 0 Å². The van der Waals surface area contributed by atoms with E-state index < -0.39 is 6.10 Å². The highest BCUT2D eigenvalue weighted by molar-refractivity contribution is 5.38. The number of ether oxygens (including phenoxy) is 1. The van der Waals surface area contributed by atoms with Crippen molar-refractivity contribution in [1.29, 1.82) is 0 Å². The Hall–Kier alpha value is -1.87. The molecule has 0 bridgehead atoms. The molecule has 1 unspecified atom stereocenters. The molecule has 2 aromatic carbocycles. The number of aliphatic hydroxyl groups excluding tert-OH is 1. The Morgan fingerprint density at radius 3 is 2.63 bits per heavy atom. The maximum absolute atomic E-state index is 13.5. The lowest BCUT2D eigenvalue weighted by atomic mass is 10.1. The second-order valence-electron chi connectivity index (χ2n) is 4.60. The van der Waals surface area contributed by atoms with Gasteiger partial charge in [0.15, 0.2) is 0 Å². The van der Waals surface area contributed by atoms with E-state index in [1.165, 1.54) is 6.07 Å². The molecular weight excluding hydrogens is 243 g/mol. The largest absolute Gasteiger partial charge is 0.488 e. The van der Waals surface area contributed by atoms with Crippen molar-refractivity contribution >= 4 is 0 Å². The van der Waals surface area contributed by atoms with Gasteiger partial charge < -0.3 is 9.84 Å². The molecule has 100 valence electrons. The highest BCUT2D eigenvalue weighted by Crippen LogP contribution is 2.27. The monoisotopic (exact) mass is 260 g/mol. The maximum atomic E-state index is 13.5. The van der Waals surface area contributed by atoms with E-state index in [9.17, 15) is 9.50 Å². The van der Waals surface area contributed by atoms with Crippen LogP contribution in [0.5, 0.6) is 5.75 Å². The number of aliphatic hydroxyl groups is 1. The average Bonchev–Trinajstić information content (AvgIpc) is 2.37. The fraction of sp³-hybridized carbons (Fsp3) is 0.250. The van der Waals surface area contributed by atoms with Crippen molar-refractivity contribution in [3.05, 3.63) is 65.0 Å². The van der Waals surface area contributed by atoms with Gasteiger partial charge in [0.05, 0.1) is 6.10 Å². The molecule has 19 heavy (non-hydrogen) atoms. The molecule has 0 heterocycles. The lowest BCUT2D eigenvalue weighted by Crippen LogP contribution is -2.02. The molecule has 2 aromatic rings. The maximum Gasteiger partial charge on any atom is 0.129 e. The van der Waals surface area contributed by atoms with Crippen molar-refractivity contribution in [2.75, 3.05) is 0 Å². The lowest BCUT2D eigenvalue weighted by molar-refractivity contribution is 0.190. The fourth-order valence-electron chi connectivity index (χ4n) is 1.88. The first kappa shape index (κ1) is 13.6. The van der Waals surface area contributed by atoms with E-state index >= 15 is 0 Å². The molecule has 0 aliphatic rings. The van der Waals surface area contributed by atoms with Crippen LogP contribution in [0, 0.1) is 12.7 Å². The van der Waals surface area contributed by atoms with Crippen LogP contribution in [0.1, 0.15) is 29.7 Å². The number of benzene rings is 2. The van der Waals surface area contributed by atoms with Gasteiger partial charge in [0, 0.05) is 11.1 Å². The van der Waals surface area contributed by atoms with E-state index in [-0.39, 0.29) is 12.4 Å². The van der Waals surface area contributed by atoms with E-state index in [0.717, 1.165) is 5.56 Å². The van der Waals surface area contributed by atoms with Gasteiger partial charge in [0.25, 0.3) is 0 Å². The van der Waals surface area contributed by atoms with Gasteiger partial charge in [-0.3, -0.25) is 0 Å². The molecule has 0 saturated heterocycles. The van der Waals surface area contributed by atoms with Gasteiger partial charge >= 0.3 is 0 Å². The molecular formula is C16H17FO2. The van der Waals surface area contributed by atoms with Gasteiger partial charge in [-0.15, -0.1) is 0 Å². The Morgan fingerprint density at radius 1 is 1.21 bits per heavy atom. The highest BCUT2D eigenvalue weighted by Gasteiger charge is 2.10. The summed E-state index contributed by atoms with van der Waals surface area (Å²) in [5, 5.41) is 9.69. The molecule has 0 amide bonds. The van der Waals surface area contributed by atoms with Crippen LogP contribution >= 0.6 is 0 Å². The quantitative estimate of drug-likeness (QED) is 0.906. The van der Waals surface area contributed by atoms with Crippen LogP contribution in [0.15, 0.2) is 42.5 Å². The second kappa shape index (κ2) is 5.85. The molecule has 3 heteroatoms. The Labute approximate surface area is 112 Å². The van der Waals surface area contributed by atoms with Crippen LogP contribution in [-0.2, 0) is 6.61 Å². The summed E-state index contributed by atoms with van der Waals surface area (Å²) in [6.07, 6.45) is -0.615. The summed E-state index contributed by atoms with van der Waals surface area (Å²) in [6.45, 7) is 3.78. The highest BCUT2D eigenvalue weighted by atomic mass is 19.1. The molecule has 1 N–H and O–H groups in total. The zero-order valence-corrected chi connectivity index (χ0v) is 11.1. The van der Waals surface area contributed by atoms with Crippen molar-refractivity contribution in [3.8, 4) is 5.75 Å². The lowest BCUT2D eigenvalue weighted by Gasteiger charge is -2.14. The van der Waals surface area contributed by atoms with Crippen molar-refractivity contribution in [1.82, 2.24) is 0 Å². The minimum Gasteiger partial charge on any atom is -0.488 e.